The summed E-state index contributed by atoms with van der Waals surface area (Å²) in [5.74, 6) is 0.260. The lowest BCUT2D eigenvalue weighted by atomic mass is 10.3. The van der Waals surface area contributed by atoms with Crippen molar-refractivity contribution in [2.24, 2.45) is 0 Å². The first-order valence-electron chi connectivity index (χ1n) is 4.25. The molecule has 6 heteroatoms. The number of anilines is 1. The summed E-state index contributed by atoms with van der Waals surface area (Å²) < 4.78 is 0. The third-order valence-corrected chi connectivity index (χ3v) is 2.26. The highest BCUT2D eigenvalue weighted by atomic mass is 35.5. The van der Waals surface area contributed by atoms with Gasteiger partial charge in [-0.25, -0.2) is 0 Å². The summed E-state index contributed by atoms with van der Waals surface area (Å²) in [5, 5.41) is 6.69. The summed E-state index contributed by atoms with van der Waals surface area (Å²) in [6.07, 6.45) is 1.83. The molecule has 1 aromatic rings. The van der Waals surface area contributed by atoms with Crippen LogP contribution >= 0.6 is 23.2 Å². The zero-order valence-corrected chi connectivity index (χ0v) is 9.27. The minimum Gasteiger partial charge on any atom is -0.308 e. The number of halogens is 2. The molecule has 0 bridgehead atoms. The van der Waals surface area contributed by atoms with Crippen LogP contribution in [0.1, 0.15) is 13.3 Å². The van der Waals surface area contributed by atoms with Crippen LogP contribution in [0.4, 0.5) is 5.69 Å². The molecule has 0 aliphatic rings. The number of nitrogens with zero attached hydrogens (tertiary/aromatic N) is 2. The minimum absolute atomic E-state index is 0.0502. The molecule has 1 heterocycles. The lowest BCUT2D eigenvalue weighted by molar-refractivity contribution is -0.118. The first-order valence-corrected chi connectivity index (χ1v) is 5.17. The highest BCUT2D eigenvalue weighted by molar-refractivity contribution is 6.32. The predicted molar refractivity (Wildman–Crippen MR) is 57.0 cm³/mol. The van der Waals surface area contributed by atoms with Gasteiger partial charge in [-0.05, 0) is 6.92 Å². The quantitative estimate of drug-likeness (QED) is 0.813. The third kappa shape index (κ3) is 2.39. The molecule has 0 spiro atoms. The molecule has 0 radical (unpaired) electrons. The average Bonchev–Trinajstić information content (AvgIpc) is 2.54. The molecule has 0 saturated carbocycles. The van der Waals surface area contributed by atoms with Gasteiger partial charge in [0.2, 0.25) is 5.91 Å². The van der Waals surface area contributed by atoms with Crippen molar-refractivity contribution in [1.82, 2.24) is 10.2 Å². The molecule has 1 rings (SSSR count). The predicted octanol–water partition coefficient (Wildman–Crippen LogP) is 2.04. The molecule has 78 valence electrons. The van der Waals surface area contributed by atoms with E-state index in [2.05, 4.69) is 10.2 Å². The maximum absolute atomic E-state index is 11.6. The fourth-order valence-electron chi connectivity index (χ4n) is 1.15. The number of aromatic amines is 1. The van der Waals surface area contributed by atoms with E-state index >= 15 is 0 Å². The monoisotopic (exact) mass is 235 g/mol. The molecule has 1 N–H and O–H groups in total. The topological polar surface area (TPSA) is 49.0 Å². The second-order valence-corrected chi connectivity index (χ2v) is 3.40. The van der Waals surface area contributed by atoms with Gasteiger partial charge < -0.3 is 4.90 Å². The van der Waals surface area contributed by atoms with Crippen LogP contribution in [-0.2, 0) is 4.79 Å². The maximum atomic E-state index is 11.6. The van der Waals surface area contributed by atoms with E-state index < -0.39 is 0 Å². The highest BCUT2D eigenvalue weighted by Crippen LogP contribution is 2.22. The Kier molecular flexibility index (Phi) is 4.22. The Hall–Kier alpha value is -0.740. The Morgan fingerprint density at radius 3 is 2.86 bits per heavy atom. The standard InChI is InChI=1S/C8H11Cl2N3O/c1-2-13(7(14)3-4-9)6-5-11-12-8(6)10/h5H,2-4H2,1H3,(H,11,12). The molecule has 0 saturated heterocycles. The number of carbonyl (C=O) groups is 1. The summed E-state index contributed by atoms with van der Waals surface area (Å²) in [4.78, 5) is 13.1. The van der Waals surface area contributed by atoms with E-state index in [1.54, 1.807) is 4.90 Å². The Morgan fingerprint density at radius 2 is 2.43 bits per heavy atom. The van der Waals surface area contributed by atoms with Crippen LogP contribution in [0.2, 0.25) is 5.15 Å². The number of alkyl halides is 1. The third-order valence-electron chi connectivity index (χ3n) is 1.79. The second-order valence-electron chi connectivity index (χ2n) is 2.65. The molecule has 0 unspecified atom stereocenters. The Bertz CT molecular complexity index is 313. The van der Waals surface area contributed by atoms with Gasteiger partial charge in [0.05, 0.1) is 6.20 Å². The minimum atomic E-state index is -0.0502. The second kappa shape index (κ2) is 5.22. The van der Waals surface area contributed by atoms with Crippen LogP contribution in [0.25, 0.3) is 0 Å². The van der Waals surface area contributed by atoms with Crippen molar-refractivity contribution in [3.8, 4) is 0 Å². The van der Waals surface area contributed by atoms with Crippen LogP contribution in [0.15, 0.2) is 6.20 Å². The lowest BCUT2D eigenvalue weighted by Gasteiger charge is -2.18. The van der Waals surface area contributed by atoms with Crippen molar-refractivity contribution in [2.45, 2.75) is 13.3 Å². The van der Waals surface area contributed by atoms with E-state index in [9.17, 15) is 4.79 Å². The van der Waals surface area contributed by atoms with Gasteiger partial charge in [0, 0.05) is 18.8 Å². The van der Waals surface area contributed by atoms with Crippen LogP contribution in [0.5, 0.6) is 0 Å². The zero-order valence-electron chi connectivity index (χ0n) is 7.76. The van der Waals surface area contributed by atoms with Gasteiger partial charge in [0.25, 0.3) is 0 Å². The Labute approximate surface area is 92.2 Å². The zero-order chi connectivity index (χ0) is 10.6. The highest BCUT2D eigenvalue weighted by Gasteiger charge is 2.16. The van der Waals surface area contributed by atoms with Crippen LogP contribution in [0.3, 0.4) is 0 Å². The van der Waals surface area contributed by atoms with Crippen molar-refractivity contribution in [3.63, 3.8) is 0 Å². The van der Waals surface area contributed by atoms with E-state index in [0.29, 0.717) is 29.7 Å². The molecular formula is C8H11Cl2N3O. The number of rotatable bonds is 4. The summed E-state index contributed by atoms with van der Waals surface area (Å²) in [6.45, 7) is 2.42. The number of carbonyl (C=O) groups excluding carboxylic acids is 1. The van der Waals surface area contributed by atoms with Gasteiger partial charge in [-0.2, -0.15) is 5.10 Å². The molecule has 0 aromatic carbocycles. The largest absolute Gasteiger partial charge is 0.308 e. The number of hydrogen-bond donors (Lipinski definition) is 1. The summed E-state index contributed by atoms with van der Waals surface area (Å²) in [6, 6.07) is 0. The number of aromatic nitrogens is 2. The van der Waals surface area contributed by atoms with E-state index in [4.69, 9.17) is 23.2 Å². The molecule has 14 heavy (non-hydrogen) atoms. The first-order chi connectivity index (χ1) is 6.70. The van der Waals surface area contributed by atoms with E-state index in [0.717, 1.165) is 0 Å². The van der Waals surface area contributed by atoms with Gasteiger partial charge in [0.15, 0.2) is 0 Å². The van der Waals surface area contributed by atoms with Gasteiger partial charge in [-0.15, -0.1) is 11.6 Å². The maximum Gasteiger partial charge on any atom is 0.228 e. The van der Waals surface area contributed by atoms with E-state index in [-0.39, 0.29) is 5.91 Å². The molecule has 0 aliphatic carbocycles. The van der Waals surface area contributed by atoms with Crippen molar-refractivity contribution in [2.75, 3.05) is 17.3 Å². The van der Waals surface area contributed by atoms with Crippen molar-refractivity contribution >= 4 is 34.8 Å². The molecule has 4 nitrogen and oxygen atoms in total. The summed E-state index contributed by atoms with van der Waals surface area (Å²) in [7, 11) is 0. The molecule has 1 amide bonds. The molecule has 0 aliphatic heterocycles. The average molecular weight is 236 g/mol. The fraction of sp³-hybridized carbons (Fsp3) is 0.500. The molecule has 1 aromatic heterocycles. The molecule has 0 fully saturated rings. The molecular weight excluding hydrogens is 225 g/mol. The van der Waals surface area contributed by atoms with Crippen molar-refractivity contribution in [1.29, 1.82) is 0 Å². The smallest absolute Gasteiger partial charge is 0.228 e. The first kappa shape index (κ1) is 11.3. The van der Waals surface area contributed by atoms with Crippen LogP contribution in [0, 0.1) is 0 Å². The molecule has 0 atom stereocenters. The Morgan fingerprint density at radius 1 is 1.71 bits per heavy atom. The van der Waals surface area contributed by atoms with Gasteiger partial charge in [-0.3, -0.25) is 9.89 Å². The van der Waals surface area contributed by atoms with E-state index in [1.807, 2.05) is 6.92 Å². The van der Waals surface area contributed by atoms with Crippen LogP contribution in [-0.4, -0.2) is 28.5 Å². The van der Waals surface area contributed by atoms with Crippen molar-refractivity contribution < 1.29 is 4.79 Å². The number of hydrogen-bond acceptors (Lipinski definition) is 2. The van der Waals surface area contributed by atoms with Gasteiger partial charge in [-0.1, -0.05) is 11.6 Å². The number of nitrogens with one attached hydrogen (secondary N) is 1. The number of H-pyrrole nitrogens is 1. The fourth-order valence-corrected chi connectivity index (χ4v) is 1.51. The van der Waals surface area contributed by atoms with Crippen molar-refractivity contribution in [3.05, 3.63) is 11.3 Å². The van der Waals surface area contributed by atoms with Crippen LogP contribution < -0.4 is 4.90 Å². The lowest BCUT2D eigenvalue weighted by Crippen LogP contribution is -2.30. The normalized spacial score (nSPS) is 10.2. The van der Waals surface area contributed by atoms with E-state index in [1.165, 1.54) is 6.20 Å². The van der Waals surface area contributed by atoms with Gasteiger partial charge in [0.1, 0.15) is 10.8 Å². The SMILES string of the molecule is CCN(C(=O)CCCl)c1cn[nH]c1Cl. The Balaban J connectivity index is 2.82. The number of amides is 1. The summed E-state index contributed by atoms with van der Waals surface area (Å²) >= 11 is 11.3. The van der Waals surface area contributed by atoms with Gasteiger partial charge >= 0.3 is 0 Å². The summed E-state index contributed by atoms with van der Waals surface area (Å²) in [5.41, 5.74) is 0.601.